The second-order valence-corrected chi connectivity index (χ2v) is 11.0. The van der Waals surface area contributed by atoms with Crippen molar-refractivity contribution in [3.05, 3.63) is 88.5 Å². The smallest absolute Gasteiger partial charge is 0.193 e. The van der Waals surface area contributed by atoms with Crippen molar-refractivity contribution < 1.29 is 9.53 Å². The van der Waals surface area contributed by atoms with Gasteiger partial charge in [0.2, 0.25) is 0 Å². The predicted molar refractivity (Wildman–Crippen MR) is 144 cm³/mol. The Morgan fingerprint density at radius 1 is 0.944 bits per heavy atom. The number of carbonyl (C=O) groups excluding carboxylic acids is 1. The molecule has 4 nitrogen and oxygen atoms in total. The third-order valence-corrected chi connectivity index (χ3v) is 8.18. The van der Waals surface area contributed by atoms with Gasteiger partial charge in [-0.25, -0.2) is 9.97 Å². The first kappa shape index (κ1) is 21.5. The zero-order valence-corrected chi connectivity index (χ0v) is 20.9. The van der Waals surface area contributed by atoms with Crippen LogP contribution < -0.4 is 4.74 Å². The van der Waals surface area contributed by atoms with Gasteiger partial charge in [-0.15, -0.1) is 0 Å². The molecule has 4 heteroatoms. The molecule has 1 aromatic heterocycles. The van der Waals surface area contributed by atoms with Crippen LogP contribution in [0.25, 0.3) is 32.8 Å². The second-order valence-electron chi connectivity index (χ2n) is 11.0. The first-order valence-electron chi connectivity index (χ1n) is 12.9. The zero-order chi connectivity index (χ0) is 24.6. The van der Waals surface area contributed by atoms with Gasteiger partial charge in [-0.1, -0.05) is 63.2 Å². The lowest BCUT2D eigenvalue weighted by atomic mass is 9.71. The molecule has 1 atom stereocenters. The molecule has 1 aliphatic carbocycles. The summed E-state index contributed by atoms with van der Waals surface area (Å²) in [6.07, 6.45) is 3.40. The molecule has 178 valence electrons. The topological polar surface area (TPSA) is 52.1 Å². The van der Waals surface area contributed by atoms with E-state index in [9.17, 15) is 4.79 Å². The minimum atomic E-state index is -0.00357. The second kappa shape index (κ2) is 7.60. The van der Waals surface area contributed by atoms with E-state index in [1.54, 1.807) is 0 Å². The Kier molecular flexibility index (Phi) is 4.54. The minimum absolute atomic E-state index is 0.00357. The van der Waals surface area contributed by atoms with E-state index in [4.69, 9.17) is 14.7 Å². The van der Waals surface area contributed by atoms with Crippen LogP contribution in [-0.2, 0) is 11.8 Å². The summed E-state index contributed by atoms with van der Waals surface area (Å²) in [7, 11) is 0. The van der Waals surface area contributed by atoms with Crippen LogP contribution in [0.1, 0.15) is 72.1 Å². The Hall–Kier alpha value is -3.79. The van der Waals surface area contributed by atoms with Crippen molar-refractivity contribution in [3.8, 4) is 5.75 Å². The number of aromatic nitrogens is 2. The fraction of sp³-hybridized carbons (Fsp3) is 0.281. The number of benzene rings is 4. The molecule has 4 aromatic carbocycles. The molecule has 7 rings (SSSR count). The highest BCUT2D eigenvalue weighted by atomic mass is 16.5. The van der Waals surface area contributed by atoms with E-state index in [1.807, 2.05) is 48.5 Å². The number of fused-ring (bicyclic) bond motifs is 9. The summed E-state index contributed by atoms with van der Waals surface area (Å²) >= 11 is 0. The van der Waals surface area contributed by atoms with E-state index in [1.165, 1.54) is 29.4 Å². The van der Waals surface area contributed by atoms with Crippen molar-refractivity contribution in [1.82, 2.24) is 9.97 Å². The summed E-state index contributed by atoms with van der Waals surface area (Å²) in [6, 6.07) is 19.6. The lowest BCUT2D eigenvalue weighted by Crippen LogP contribution is -2.24. The fourth-order valence-electron chi connectivity index (χ4n) is 6.31. The fourth-order valence-corrected chi connectivity index (χ4v) is 6.31. The van der Waals surface area contributed by atoms with Gasteiger partial charge in [0.25, 0.3) is 0 Å². The maximum Gasteiger partial charge on any atom is 0.193 e. The largest absolute Gasteiger partial charge is 0.492 e. The highest BCUT2D eigenvalue weighted by Crippen LogP contribution is 2.49. The van der Waals surface area contributed by atoms with Gasteiger partial charge >= 0.3 is 0 Å². The van der Waals surface area contributed by atoms with Gasteiger partial charge < -0.3 is 4.74 Å². The number of nitrogens with zero attached hydrogens (tertiary/aromatic N) is 2. The van der Waals surface area contributed by atoms with E-state index < -0.39 is 0 Å². The van der Waals surface area contributed by atoms with Crippen molar-refractivity contribution in [2.45, 2.75) is 51.4 Å². The van der Waals surface area contributed by atoms with Gasteiger partial charge in [-0.2, -0.15) is 0 Å². The predicted octanol–water partition coefficient (Wildman–Crippen LogP) is 7.28. The number of hydrogen-bond donors (Lipinski definition) is 0. The van der Waals surface area contributed by atoms with Crippen molar-refractivity contribution in [1.29, 1.82) is 0 Å². The van der Waals surface area contributed by atoms with E-state index in [0.717, 1.165) is 45.2 Å². The lowest BCUT2D eigenvalue weighted by molar-refractivity contribution is 0.103. The van der Waals surface area contributed by atoms with Crippen LogP contribution in [0.5, 0.6) is 5.75 Å². The molecular formula is C32H28N2O2. The van der Waals surface area contributed by atoms with Crippen LogP contribution in [0.15, 0.2) is 60.7 Å². The Labute approximate surface area is 210 Å². The number of ether oxygens (including phenoxy) is 1. The van der Waals surface area contributed by atoms with Crippen molar-refractivity contribution in [3.63, 3.8) is 0 Å². The molecule has 2 heterocycles. The molecule has 0 saturated heterocycles. The van der Waals surface area contributed by atoms with Crippen LogP contribution >= 0.6 is 0 Å². The standard InChI is InChI=1S/C32H28N2O2/c1-18-17-36-31-22-12-13-23-21(10-7-15-32(23,2)3)27(22)29-28(26(18)31)34-25-16-20(11-14-24(25)33-29)30(35)19-8-5-4-6-9-19/h4-6,8-9,11-14,16,18H,7,10,15,17H2,1-3H3. The maximum absolute atomic E-state index is 13.1. The normalized spacial score (nSPS) is 18.2. The SMILES string of the molecule is CC1COc2c1c1nc3cc(C(=O)c4ccccc4)ccc3nc1c1c3c(ccc21)C(C)(C)CCC3. The van der Waals surface area contributed by atoms with Gasteiger partial charge in [0.15, 0.2) is 5.78 Å². The van der Waals surface area contributed by atoms with E-state index in [-0.39, 0.29) is 17.1 Å². The molecule has 0 bridgehead atoms. The van der Waals surface area contributed by atoms with Gasteiger partial charge in [-0.3, -0.25) is 4.79 Å². The average Bonchev–Trinajstić information content (AvgIpc) is 3.28. The summed E-state index contributed by atoms with van der Waals surface area (Å²) in [4.78, 5) is 23.5. The third-order valence-electron chi connectivity index (χ3n) is 8.18. The van der Waals surface area contributed by atoms with Crippen molar-refractivity contribution in [2.24, 2.45) is 0 Å². The molecule has 0 saturated carbocycles. The van der Waals surface area contributed by atoms with Gasteiger partial charge in [0.05, 0.1) is 28.7 Å². The molecule has 2 aliphatic rings. The van der Waals surface area contributed by atoms with Gasteiger partial charge in [0, 0.05) is 33.4 Å². The number of ketones is 1. The van der Waals surface area contributed by atoms with Crippen LogP contribution in [0, 0.1) is 0 Å². The monoisotopic (exact) mass is 472 g/mol. The summed E-state index contributed by atoms with van der Waals surface area (Å²) < 4.78 is 6.29. The van der Waals surface area contributed by atoms with Crippen molar-refractivity contribution >= 4 is 38.6 Å². The molecule has 1 aliphatic heterocycles. The molecule has 36 heavy (non-hydrogen) atoms. The Morgan fingerprint density at radius 2 is 1.75 bits per heavy atom. The quantitative estimate of drug-likeness (QED) is 0.154. The molecule has 5 aromatic rings. The summed E-state index contributed by atoms with van der Waals surface area (Å²) in [6.45, 7) is 7.53. The molecule has 0 N–H and O–H groups in total. The average molecular weight is 473 g/mol. The number of rotatable bonds is 2. The summed E-state index contributed by atoms with van der Waals surface area (Å²) in [5.41, 5.74) is 8.82. The zero-order valence-electron chi connectivity index (χ0n) is 20.9. The third kappa shape index (κ3) is 3.03. The Morgan fingerprint density at radius 3 is 2.58 bits per heavy atom. The molecule has 0 fully saturated rings. The first-order valence-corrected chi connectivity index (χ1v) is 12.9. The highest BCUT2D eigenvalue weighted by Gasteiger charge is 2.33. The van der Waals surface area contributed by atoms with E-state index >= 15 is 0 Å². The first-order chi connectivity index (χ1) is 17.4. The Bertz CT molecular complexity index is 1720. The number of carbonyl (C=O) groups is 1. The van der Waals surface area contributed by atoms with E-state index in [0.29, 0.717) is 17.7 Å². The molecule has 1 unspecified atom stereocenters. The number of hydrogen-bond acceptors (Lipinski definition) is 4. The van der Waals surface area contributed by atoms with Gasteiger partial charge in [0.1, 0.15) is 5.75 Å². The van der Waals surface area contributed by atoms with Crippen LogP contribution in [0.2, 0.25) is 0 Å². The van der Waals surface area contributed by atoms with Gasteiger partial charge in [-0.05, 0) is 54.0 Å². The van der Waals surface area contributed by atoms with Crippen LogP contribution in [0.3, 0.4) is 0 Å². The number of aryl methyl sites for hydroxylation is 1. The summed E-state index contributed by atoms with van der Waals surface area (Å²) in [5, 5.41) is 2.35. The lowest BCUT2D eigenvalue weighted by Gasteiger charge is -2.33. The van der Waals surface area contributed by atoms with Crippen LogP contribution in [0.4, 0.5) is 0 Å². The summed E-state index contributed by atoms with van der Waals surface area (Å²) in [5.74, 6) is 1.19. The molecule has 0 radical (unpaired) electrons. The van der Waals surface area contributed by atoms with E-state index in [2.05, 4.69) is 32.9 Å². The molecular weight excluding hydrogens is 444 g/mol. The van der Waals surface area contributed by atoms with Crippen LogP contribution in [-0.4, -0.2) is 22.4 Å². The van der Waals surface area contributed by atoms with Crippen molar-refractivity contribution in [2.75, 3.05) is 6.61 Å². The molecule has 0 spiro atoms. The Balaban J connectivity index is 1.54. The minimum Gasteiger partial charge on any atom is -0.492 e. The maximum atomic E-state index is 13.1. The highest BCUT2D eigenvalue weighted by molar-refractivity contribution is 6.14. The molecule has 0 amide bonds.